The van der Waals surface area contributed by atoms with Crippen LogP contribution in [0.5, 0.6) is 5.75 Å². The van der Waals surface area contributed by atoms with Gasteiger partial charge in [0, 0.05) is 22.5 Å². The van der Waals surface area contributed by atoms with Crippen LogP contribution >= 0.6 is 11.6 Å². The number of carbonyl (C=O) groups excluding carboxylic acids is 1. The Morgan fingerprint density at radius 1 is 1.23 bits per heavy atom. The summed E-state index contributed by atoms with van der Waals surface area (Å²) < 4.78 is 5.41. The molecule has 2 heterocycles. The number of amides is 1. The summed E-state index contributed by atoms with van der Waals surface area (Å²) in [5, 5.41) is 1.65. The summed E-state index contributed by atoms with van der Waals surface area (Å²) in [5.41, 5.74) is 3.43. The topological polar surface area (TPSA) is 45.3 Å². The number of methoxy groups -OCH3 is 1. The molecular weight excluding hydrogens is 348 g/mol. The van der Waals surface area contributed by atoms with Gasteiger partial charge in [0.1, 0.15) is 11.4 Å². The summed E-state index contributed by atoms with van der Waals surface area (Å²) in [6.45, 7) is 4.83. The van der Waals surface area contributed by atoms with Crippen molar-refractivity contribution in [2.45, 2.75) is 25.8 Å². The van der Waals surface area contributed by atoms with E-state index in [1.54, 1.807) is 7.11 Å². The Morgan fingerprint density at radius 3 is 2.81 bits per heavy atom. The van der Waals surface area contributed by atoms with Crippen LogP contribution in [-0.4, -0.2) is 29.4 Å². The molecule has 0 radical (unpaired) electrons. The number of aromatic amines is 1. The molecule has 0 fully saturated rings. The normalized spacial score (nSPS) is 15.8. The largest absolute Gasteiger partial charge is 0.496 e. The Balaban J connectivity index is 1.74. The van der Waals surface area contributed by atoms with Crippen molar-refractivity contribution < 1.29 is 9.53 Å². The van der Waals surface area contributed by atoms with Crippen LogP contribution < -0.4 is 4.74 Å². The van der Waals surface area contributed by atoms with E-state index >= 15 is 0 Å². The number of hydrogen-bond acceptors (Lipinski definition) is 2. The Labute approximate surface area is 157 Å². The average molecular weight is 369 g/mol. The lowest BCUT2D eigenvalue weighted by Gasteiger charge is -2.43. The number of halogens is 1. The van der Waals surface area contributed by atoms with Crippen molar-refractivity contribution in [3.63, 3.8) is 0 Å². The molecule has 0 atom stereocenters. The van der Waals surface area contributed by atoms with Crippen molar-refractivity contribution in [2.24, 2.45) is 0 Å². The maximum atomic E-state index is 13.3. The first-order chi connectivity index (χ1) is 12.4. The second-order valence-electron chi connectivity index (χ2n) is 7.17. The van der Waals surface area contributed by atoms with Crippen LogP contribution in [-0.2, 0) is 12.0 Å². The highest BCUT2D eigenvalue weighted by Crippen LogP contribution is 2.37. The van der Waals surface area contributed by atoms with E-state index in [1.807, 2.05) is 47.4 Å². The van der Waals surface area contributed by atoms with Gasteiger partial charge in [-0.1, -0.05) is 23.7 Å². The number of hydrogen-bond donors (Lipinski definition) is 1. The predicted molar refractivity (Wildman–Crippen MR) is 104 cm³/mol. The Morgan fingerprint density at radius 2 is 2.04 bits per heavy atom. The standard InChI is InChI=1S/C21H21ClN2O2/c1-21(2)16-8-7-14(22)11-13(16)9-10-24(21)20(25)18-12-15-17(23-18)5-4-6-19(15)26-3/h4-8,11-12,23H,9-10H2,1-3H3. The maximum Gasteiger partial charge on any atom is 0.271 e. The molecule has 3 aromatic rings. The summed E-state index contributed by atoms with van der Waals surface area (Å²) in [5.74, 6) is 0.754. The van der Waals surface area contributed by atoms with Crippen molar-refractivity contribution >= 4 is 28.4 Å². The highest BCUT2D eigenvalue weighted by Gasteiger charge is 2.38. The highest BCUT2D eigenvalue weighted by atomic mass is 35.5. The number of rotatable bonds is 2. The molecule has 1 amide bonds. The van der Waals surface area contributed by atoms with E-state index in [0.29, 0.717) is 12.2 Å². The molecule has 0 saturated heterocycles. The Bertz CT molecular complexity index is 1010. The molecule has 1 aliphatic heterocycles. The predicted octanol–water partition coefficient (Wildman–Crippen LogP) is 4.76. The third kappa shape index (κ3) is 2.56. The van der Waals surface area contributed by atoms with Gasteiger partial charge in [-0.05, 0) is 61.7 Å². The fourth-order valence-electron chi connectivity index (χ4n) is 3.94. The maximum absolute atomic E-state index is 13.3. The van der Waals surface area contributed by atoms with Crippen LogP contribution in [0.25, 0.3) is 10.9 Å². The van der Waals surface area contributed by atoms with E-state index in [-0.39, 0.29) is 5.91 Å². The molecule has 0 aliphatic carbocycles. The van der Waals surface area contributed by atoms with E-state index in [4.69, 9.17) is 16.3 Å². The number of nitrogens with zero attached hydrogens (tertiary/aromatic N) is 1. The van der Waals surface area contributed by atoms with E-state index in [1.165, 1.54) is 5.56 Å². The minimum atomic E-state index is -0.406. The second kappa shape index (κ2) is 6.06. The molecule has 0 unspecified atom stereocenters. The second-order valence-corrected chi connectivity index (χ2v) is 7.61. The quantitative estimate of drug-likeness (QED) is 0.708. The van der Waals surface area contributed by atoms with Crippen LogP contribution in [0.2, 0.25) is 5.02 Å². The number of fused-ring (bicyclic) bond motifs is 2. The molecule has 1 N–H and O–H groups in total. The molecule has 0 bridgehead atoms. The number of benzene rings is 2. The first-order valence-electron chi connectivity index (χ1n) is 8.68. The lowest BCUT2D eigenvalue weighted by atomic mass is 9.83. The summed E-state index contributed by atoms with van der Waals surface area (Å²) >= 11 is 6.14. The molecule has 4 rings (SSSR count). The molecule has 0 saturated carbocycles. The van der Waals surface area contributed by atoms with E-state index in [2.05, 4.69) is 18.8 Å². The molecule has 26 heavy (non-hydrogen) atoms. The van der Waals surface area contributed by atoms with Crippen molar-refractivity contribution in [1.82, 2.24) is 9.88 Å². The number of ether oxygens (including phenoxy) is 1. The SMILES string of the molecule is COc1cccc2[nH]c(C(=O)N3CCc4cc(Cl)ccc4C3(C)C)cc12. The fourth-order valence-corrected chi connectivity index (χ4v) is 4.14. The molecule has 2 aromatic carbocycles. The van der Waals surface area contributed by atoms with Crippen molar-refractivity contribution in [1.29, 1.82) is 0 Å². The smallest absolute Gasteiger partial charge is 0.271 e. The highest BCUT2D eigenvalue weighted by molar-refractivity contribution is 6.30. The van der Waals surface area contributed by atoms with Gasteiger partial charge in [-0.25, -0.2) is 0 Å². The van der Waals surface area contributed by atoms with Crippen LogP contribution in [0, 0.1) is 0 Å². The van der Waals surface area contributed by atoms with Gasteiger partial charge in [-0.3, -0.25) is 4.79 Å². The third-order valence-corrected chi connectivity index (χ3v) is 5.56. The number of aromatic nitrogens is 1. The van der Waals surface area contributed by atoms with Crippen molar-refractivity contribution in [3.8, 4) is 5.75 Å². The molecule has 0 spiro atoms. The molecule has 1 aliphatic rings. The fraction of sp³-hybridized carbons (Fsp3) is 0.286. The Hall–Kier alpha value is -2.46. The van der Waals surface area contributed by atoms with Gasteiger partial charge in [0.25, 0.3) is 5.91 Å². The first kappa shape index (κ1) is 17.0. The summed E-state index contributed by atoms with van der Waals surface area (Å²) in [4.78, 5) is 18.5. The molecular formula is C21H21ClN2O2. The third-order valence-electron chi connectivity index (χ3n) is 5.33. The van der Waals surface area contributed by atoms with Crippen molar-refractivity contribution in [2.75, 3.05) is 13.7 Å². The van der Waals surface area contributed by atoms with Gasteiger partial charge in [0.15, 0.2) is 0 Å². The summed E-state index contributed by atoms with van der Waals surface area (Å²) in [6, 6.07) is 13.6. The summed E-state index contributed by atoms with van der Waals surface area (Å²) in [7, 11) is 1.64. The zero-order valence-electron chi connectivity index (χ0n) is 15.1. The average Bonchev–Trinajstić information content (AvgIpc) is 3.05. The van der Waals surface area contributed by atoms with Gasteiger partial charge in [0.2, 0.25) is 0 Å². The van der Waals surface area contributed by atoms with E-state index in [9.17, 15) is 4.79 Å². The molecule has 1 aromatic heterocycles. The van der Waals surface area contributed by atoms with Crippen LogP contribution in [0.3, 0.4) is 0 Å². The van der Waals surface area contributed by atoms with Crippen LogP contribution in [0.4, 0.5) is 0 Å². The van der Waals surface area contributed by atoms with Gasteiger partial charge in [-0.2, -0.15) is 0 Å². The Kier molecular flexibility index (Phi) is 3.96. The molecule has 4 nitrogen and oxygen atoms in total. The zero-order valence-corrected chi connectivity index (χ0v) is 15.9. The lowest BCUT2D eigenvalue weighted by molar-refractivity contribution is 0.0508. The molecule has 5 heteroatoms. The van der Waals surface area contributed by atoms with Gasteiger partial charge < -0.3 is 14.6 Å². The first-order valence-corrected chi connectivity index (χ1v) is 9.06. The van der Waals surface area contributed by atoms with E-state index in [0.717, 1.165) is 33.7 Å². The number of H-pyrrole nitrogens is 1. The lowest BCUT2D eigenvalue weighted by Crippen LogP contribution is -2.50. The van der Waals surface area contributed by atoms with Gasteiger partial charge in [-0.15, -0.1) is 0 Å². The van der Waals surface area contributed by atoms with E-state index < -0.39 is 5.54 Å². The summed E-state index contributed by atoms with van der Waals surface area (Å²) in [6.07, 6.45) is 0.800. The zero-order chi connectivity index (χ0) is 18.5. The van der Waals surface area contributed by atoms with Crippen molar-refractivity contribution in [3.05, 3.63) is 64.3 Å². The van der Waals surface area contributed by atoms with Crippen LogP contribution in [0.1, 0.15) is 35.5 Å². The minimum Gasteiger partial charge on any atom is -0.496 e. The van der Waals surface area contributed by atoms with Gasteiger partial charge in [0.05, 0.1) is 12.6 Å². The van der Waals surface area contributed by atoms with Gasteiger partial charge >= 0.3 is 0 Å². The monoisotopic (exact) mass is 368 g/mol. The van der Waals surface area contributed by atoms with Crippen LogP contribution in [0.15, 0.2) is 42.5 Å². The molecule has 134 valence electrons. The minimum absolute atomic E-state index is 0.00569. The number of carbonyl (C=O) groups is 1. The number of nitrogens with one attached hydrogen (secondary N) is 1.